The Morgan fingerprint density at radius 2 is 2.29 bits per heavy atom. The summed E-state index contributed by atoms with van der Waals surface area (Å²) in [5.41, 5.74) is 0. The number of anilines is 1. The van der Waals surface area contributed by atoms with Crippen LogP contribution in [0.1, 0.15) is 11.7 Å². The summed E-state index contributed by atoms with van der Waals surface area (Å²) in [5.74, 6) is 2.48. The number of nitrogens with zero attached hydrogens (tertiary/aromatic N) is 4. The molecule has 90 valence electrons. The van der Waals surface area contributed by atoms with Gasteiger partial charge in [0, 0.05) is 26.0 Å². The second-order valence-electron chi connectivity index (χ2n) is 3.35. The van der Waals surface area contributed by atoms with Gasteiger partial charge in [-0.1, -0.05) is 5.16 Å². The van der Waals surface area contributed by atoms with Gasteiger partial charge in [0.25, 0.3) is 0 Å². The van der Waals surface area contributed by atoms with Crippen LogP contribution in [0.25, 0.3) is 0 Å². The maximum Gasteiger partial charge on any atom is 0.223 e. The van der Waals surface area contributed by atoms with Crippen molar-refractivity contribution < 1.29 is 9.26 Å². The number of rotatable bonds is 5. The van der Waals surface area contributed by atoms with Crippen molar-refractivity contribution in [2.45, 2.75) is 13.3 Å². The van der Waals surface area contributed by atoms with Gasteiger partial charge >= 0.3 is 0 Å². The van der Waals surface area contributed by atoms with Crippen molar-refractivity contribution in [2.24, 2.45) is 0 Å². The van der Waals surface area contributed by atoms with Gasteiger partial charge in [-0.3, -0.25) is 0 Å². The molecule has 0 radical (unpaired) electrons. The van der Waals surface area contributed by atoms with E-state index in [4.69, 9.17) is 9.26 Å². The van der Waals surface area contributed by atoms with Crippen LogP contribution in [0.3, 0.4) is 0 Å². The Bertz CT molecular complexity index is 485. The molecule has 0 amide bonds. The Morgan fingerprint density at radius 1 is 1.41 bits per heavy atom. The molecule has 0 bridgehead atoms. The van der Waals surface area contributed by atoms with Gasteiger partial charge in [-0.2, -0.15) is 4.98 Å². The normalized spacial score (nSPS) is 10.2. The molecular weight excluding hydrogens is 222 g/mol. The van der Waals surface area contributed by atoms with Crippen LogP contribution >= 0.6 is 0 Å². The highest BCUT2D eigenvalue weighted by Crippen LogP contribution is 2.09. The first-order chi connectivity index (χ1) is 8.28. The molecule has 0 fully saturated rings. The second-order valence-corrected chi connectivity index (χ2v) is 3.35. The standard InChI is InChI=1S/C10H13N5O2/c1-7-14-8(15-17-7)3-4-11-9-5-10(16-2)13-6-12-9/h5-6H,3-4H2,1-2H3,(H,11,12,13). The summed E-state index contributed by atoms with van der Waals surface area (Å²) in [6.45, 7) is 2.43. The Hall–Kier alpha value is -2.18. The number of aromatic nitrogens is 4. The molecule has 0 unspecified atom stereocenters. The lowest BCUT2D eigenvalue weighted by Gasteiger charge is -2.04. The van der Waals surface area contributed by atoms with Gasteiger partial charge < -0.3 is 14.6 Å². The monoisotopic (exact) mass is 235 g/mol. The lowest BCUT2D eigenvalue weighted by Crippen LogP contribution is -2.07. The van der Waals surface area contributed by atoms with Crippen LogP contribution in [0.15, 0.2) is 16.9 Å². The zero-order valence-corrected chi connectivity index (χ0v) is 9.67. The molecule has 0 spiro atoms. The predicted molar refractivity (Wildman–Crippen MR) is 59.8 cm³/mol. The number of ether oxygens (including phenoxy) is 1. The van der Waals surface area contributed by atoms with E-state index in [2.05, 4.69) is 25.4 Å². The molecule has 0 saturated carbocycles. The van der Waals surface area contributed by atoms with Crippen LogP contribution in [-0.2, 0) is 6.42 Å². The first-order valence-electron chi connectivity index (χ1n) is 5.17. The Labute approximate surface area is 98.2 Å². The molecular formula is C10H13N5O2. The SMILES string of the molecule is COc1cc(NCCc2noc(C)n2)ncn1. The molecule has 0 aromatic carbocycles. The molecule has 7 heteroatoms. The Morgan fingerprint density at radius 3 is 3.00 bits per heavy atom. The summed E-state index contributed by atoms with van der Waals surface area (Å²) in [6, 6.07) is 1.72. The van der Waals surface area contributed by atoms with Gasteiger partial charge in [0.05, 0.1) is 7.11 Å². The smallest absolute Gasteiger partial charge is 0.223 e. The summed E-state index contributed by atoms with van der Waals surface area (Å²) >= 11 is 0. The summed E-state index contributed by atoms with van der Waals surface area (Å²) in [6.07, 6.45) is 2.11. The largest absolute Gasteiger partial charge is 0.481 e. The Balaban J connectivity index is 1.85. The molecule has 0 aliphatic carbocycles. The number of methoxy groups -OCH3 is 1. The van der Waals surface area contributed by atoms with Gasteiger partial charge in [-0.25, -0.2) is 9.97 Å². The van der Waals surface area contributed by atoms with Crippen LogP contribution in [0.5, 0.6) is 5.88 Å². The van der Waals surface area contributed by atoms with Crippen LogP contribution in [0.4, 0.5) is 5.82 Å². The summed E-state index contributed by atoms with van der Waals surface area (Å²) in [4.78, 5) is 12.1. The van der Waals surface area contributed by atoms with Crippen LogP contribution in [0, 0.1) is 6.92 Å². The lowest BCUT2D eigenvalue weighted by molar-refractivity contribution is 0.387. The van der Waals surface area contributed by atoms with E-state index in [9.17, 15) is 0 Å². The van der Waals surface area contributed by atoms with Crippen molar-refractivity contribution in [3.05, 3.63) is 24.1 Å². The van der Waals surface area contributed by atoms with Crippen molar-refractivity contribution in [2.75, 3.05) is 19.0 Å². The minimum Gasteiger partial charge on any atom is -0.481 e. The van der Waals surface area contributed by atoms with E-state index < -0.39 is 0 Å². The molecule has 1 N–H and O–H groups in total. The zero-order valence-electron chi connectivity index (χ0n) is 9.67. The van der Waals surface area contributed by atoms with Gasteiger partial charge in [-0.15, -0.1) is 0 Å². The average molecular weight is 235 g/mol. The second kappa shape index (κ2) is 5.24. The highest BCUT2D eigenvalue weighted by molar-refractivity contribution is 5.36. The first-order valence-corrected chi connectivity index (χ1v) is 5.17. The number of hydrogen-bond donors (Lipinski definition) is 1. The Kier molecular flexibility index (Phi) is 3.49. The maximum atomic E-state index is 4.99. The molecule has 7 nitrogen and oxygen atoms in total. The quantitative estimate of drug-likeness (QED) is 0.821. The van der Waals surface area contributed by atoms with Crippen molar-refractivity contribution in [3.63, 3.8) is 0 Å². The molecule has 0 aliphatic rings. The summed E-state index contributed by atoms with van der Waals surface area (Å²) in [5, 5.41) is 6.92. The van der Waals surface area contributed by atoms with Gasteiger partial charge in [0.1, 0.15) is 12.1 Å². The predicted octanol–water partition coefficient (Wildman–Crippen LogP) is 0.831. The van der Waals surface area contributed by atoms with Crippen LogP contribution in [-0.4, -0.2) is 33.8 Å². The highest BCUT2D eigenvalue weighted by Gasteiger charge is 2.02. The highest BCUT2D eigenvalue weighted by atomic mass is 16.5. The topological polar surface area (TPSA) is 86.0 Å². The van der Waals surface area contributed by atoms with E-state index in [1.807, 2.05) is 0 Å². The minimum atomic E-state index is 0.526. The van der Waals surface area contributed by atoms with Crippen molar-refractivity contribution >= 4 is 5.82 Å². The molecule has 0 saturated heterocycles. The first kappa shape index (κ1) is 11.3. The molecule has 17 heavy (non-hydrogen) atoms. The van der Waals surface area contributed by atoms with Crippen molar-refractivity contribution in [1.29, 1.82) is 0 Å². The van der Waals surface area contributed by atoms with E-state index in [1.54, 1.807) is 20.1 Å². The maximum absolute atomic E-state index is 4.99. The number of nitrogens with one attached hydrogen (secondary N) is 1. The number of hydrogen-bond acceptors (Lipinski definition) is 7. The van der Waals surface area contributed by atoms with Crippen LogP contribution < -0.4 is 10.1 Å². The van der Waals surface area contributed by atoms with Gasteiger partial charge in [0.2, 0.25) is 11.8 Å². The van der Waals surface area contributed by atoms with Crippen molar-refractivity contribution in [1.82, 2.24) is 20.1 Å². The molecule has 0 atom stereocenters. The third kappa shape index (κ3) is 3.13. The third-order valence-electron chi connectivity index (χ3n) is 2.08. The van der Waals surface area contributed by atoms with E-state index in [0.717, 1.165) is 0 Å². The molecule has 2 rings (SSSR count). The lowest BCUT2D eigenvalue weighted by atomic mass is 10.4. The van der Waals surface area contributed by atoms with E-state index in [1.165, 1.54) is 6.33 Å². The molecule has 0 aliphatic heterocycles. The third-order valence-corrected chi connectivity index (χ3v) is 2.08. The van der Waals surface area contributed by atoms with Gasteiger partial charge in [-0.05, 0) is 0 Å². The summed E-state index contributed by atoms with van der Waals surface area (Å²) < 4.78 is 9.86. The van der Waals surface area contributed by atoms with E-state index in [-0.39, 0.29) is 0 Å². The summed E-state index contributed by atoms with van der Waals surface area (Å²) in [7, 11) is 1.56. The number of aryl methyl sites for hydroxylation is 1. The van der Waals surface area contributed by atoms with Gasteiger partial charge in [0.15, 0.2) is 5.82 Å². The van der Waals surface area contributed by atoms with E-state index in [0.29, 0.717) is 36.4 Å². The fraction of sp³-hybridized carbons (Fsp3) is 0.400. The average Bonchev–Trinajstić information content (AvgIpc) is 2.75. The fourth-order valence-corrected chi connectivity index (χ4v) is 1.29. The van der Waals surface area contributed by atoms with Crippen molar-refractivity contribution in [3.8, 4) is 5.88 Å². The minimum absolute atomic E-state index is 0.526. The molecule has 2 aromatic heterocycles. The molecule has 2 heterocycles. The zero-order chi connectivity index (χ0) is 12.1. The fourth-order valence-electron chi connectivity index (χ4n) is 1.29. The molecule has 2 aromatic rings. The van der Waals surface area contributed by atoms with Crippen LogP contribution in [0.2, 0.25) is 0 Å². The van der Waals surface area contributed by atoms with E-state index >= 15 is 0 Å².